The largest absolute Gasteiger partial charge is 0.478 e. The van der Waals surface area contributed by atoms with Crippen molar-refractivity contribution < 1.29 is 9.90 Å². The zero-order valence-electron chi connectivity index (χ0n) is 10.6. The molecule has 1 aromatic carbocycles. The number of hydrogen-bond donors (Lipinski definition) is 2. The van der Waals surface area contributed by atoms with Crippen LogP contribution in [-0.4, -0.2) is 16.1 Å². The molecule has 3 nitrogen and oxygen atoms in total. The zero-order valence-corrected chi connectivity index (χ0v) is 10.6. The van der Waals surface area contributed by atoms with E-state index in [-0.39, 0.29) is 5.92 Å². The molecule has 0 spiro atoms. The standard InChI is InChI=1S/C15H17NO2/c1-10(2)14-13(15(17)18)9-12(16-14)8-11-6-4-3-5-7-11/h3-7,9-10,16H,8H2,1-2H3,(H,17,18). The Labute approximate surface area is 106 Å². The van der Waals surface area contributed by atoms with E-state index in [2.05, 4.69) is 4.98 Å². The lowest BCUT2D eigenvalue weighted by molar-refractivity contribution is 0.0695. The Bertz CT molecular complexity index is 541. The van der Waals surface area contributed by atoms with Gasteiger partial charge >= 0.3 is 5.97 Å². The summed E-state index contributed by atoms with van der Waals surface area (Å²) in [5.74, 6) is -0.685. The third-order valence-corrected chi connectivity index (χ3v) is 2.95. The monoisotopic (exact) mass is 243 g/mol. The molecule has 1 aromatic heterocycles. The van der Waals surface area contributed by atoms with Crippen LogP contribution in [0.25, 0.3) is 0 Å². The summed E-state index contributed by atoms with van der Waals surface area (Å²) in [7, 11) is 0. The van der Waals surface area contributed by atoms with Crippen molar-refractivity contribution in [3.8, 4) is 0 Å². The number of aromatic nitrogens is 1. The van der Waals surface area contributed by atoms with E-state index in [1.807, 2.05) is 44.2 Å². The van der Waals surface area contributed by atoms with Crippen LogP contribution in [0.3, 0.4) is 0 Å². The third-order valence-electron chi connectivity index (χ3n) is 2.95. The van der Waals surface area contributed by atoms with Gasteiger partial charge in [0.2, 0.25) is 0 Å². The summed E-state index contributed by atoms with van der Waals surface area (Å²) in [6, 6.07) is 11.8. The number of aromatic amines is 1. The second-order valence-corrected chi connectivity index (χ2v) is 4.74. The Morgan fingerprint density at radius 2 is 1.94 bits per heavy atom. The number of carbonyl (C=O) groups is 1. The van der Waals surface area contributed by atoms with Crippen LogP contribution in [0.2, 0.25) is 0 Å². The summed E-state index contributed by atoms with van der Waals surface area (Å²) in [6.07, 6.45) is 0.730. The maximum absolute atomic E-state index is 11.2. The van der Waals surface area contributed by atoms with Gasteiger partial charge in [-0.25, -0.2) is 4.79 Å². The first-order valence-corrected chi connectivity index (χ1v) is 6.07. The van der Waals surface area contributed by atoms with Gasteiger partial charge in [-0.15, -0.1) is 0 Å². The molecule has 2 rings (SSSR count). The van der Waals surface area contributed by atoms with Gasteiger partial charge < -0.3 is 10.1 Å². The first-order valence-electron chi connectivity index (χ1n) is 6.07. The van der Waals surface area contributed by atoms with Crippen molar-refractivity contribution in [3.63, 3.8) is 0 Å². The lowest BCUT2D eigenvalue weighted by Gasteiger charge is -2.03. The van der Waals surface area contributed by atoms with Crippen molar-refractivity contribution in [2.24, 2.45) is 0 Å². The summed E-state index contributed by atoms with van der Waals surface area (Å²) < 4.78 is 0. The number of hydrogen-bond acceptors (Lipinski definition) is 1. The minimum atomic E-state index is -0.866. The summed E-state index contributed by atoms with van der Waals surface area (Å²) in [6.45, 7) is 3.98. The van der Waals surface area contributed by atoms with Crippen LogP contribution < -0.4 is 0 Å². The van der Waals surface area contributed by atoms with Crippen LogP contribution in [0.4, 0.5) is 0 Å². The van der Waals surface area contributed by atoms with Crippen molar-refractivity contribution in [1.82, 2.24) is 4.98 Å². The lowest BCUT2D eigenvalue weighted by Crippen LogP contribution is -2.01. The predicted molar refractivity (Wildman–Crippen MR) is 71.1 cm³/mol. The molecule has 18 heavy (non-hydrogen) atoms. The van der Waals surface area contributed by atoms with E-state index in [0.29, 0.717) is 5.56 Å². The lowest BCUT2D eigenvalue weighted by atomic mass is 10.1. The second-order valence-electron chi connectivity index (χ2n) is 4.74. The Hall–Kier alpha value is -2.03. The van der Waals surface area contributed by atoms with Crippen molar-refractivity contribution in [2.75, 3.05) is 0 Å². The maximum atomic E-state index is 11.2. The highest BCUT2D eigenvalue weighted by molar-refractivity contribution is 5.89. The molecule has 0 amide bonds. The molecular weight excluding hydrogens is 226 g/mol. The molecule has 0 aliphatic carbocycles. The normalized spacial score (nSPS) is 10.8. The van der Waals surface area contributed by atoms with E-state index in [4.69, 9.17) is 0 Å². The fourth-order valence-electron chi connectivity index (χ4n) is 2.07. The first kappa shape index (κ1) is 12.4. The first-order chi connectivity index (χ1) is 8.58. The molecule has 2 aromatic rings. The molecule has 0 atom stereocenters. The van der Waals surface area contributed by atoms with Gasteiger partial charge in [0, 0.05) is 17.8 Å². The van der Waals surface area contributed by atoms with Crippen molar-refractivity contribution in [2.45, 2.75) is 26.2 Å². The number of carboxylic acid groups (broad SMARTS) is 1. The van der Waals surface area contributed by atoms with Gasteiger partial charge in [-0.2, -0.15) is 0 Å². The fourth-order valence-corrected chi connectivity index (χ4v) is 2.07. The maximum Gasteiger partial charge on any atom is 0.337 e. The summed E-state index contributed by atoms with van der Waals surface area (Å²) in [5, 5.41) is 9.17. The number of rotatable bonds is 4. The average Bonchev–Trinajstić information content (AvgIpc) is 2.74. The average molecular weight is 243 g/mol. The highest BCUT2D eigenvalue weighted by atomic mass is 16.4. The molecule has 0 saturated carbocycles. The van der Waals surface area contributed by atoms with Gasteiger partial charge in [0.15, 0.2) is 0 Å². The van der Waals surface area contributed by atoms with Crippen LogP contribution in [0.15, 0.2) is 36.4 Å². The van der Waals surface area contributed by atoms with Crippen LogP contribution in [-0.2, 0) is 6.42 Å². The van der Waals surface area contributed by atoms with Crippen molar-refractivity contribution in [1.29, 1.82) is 0 Å². The van der Waals surface area contributed by atoms with E-state index >= 15 is 0 Å². The fraction of sp³-hybridized carbons (Fsp3) is 0.267. The molecule has 2 N–H and O–H groups in total. The van der Waals surface area contributed by atoms with Crippen LogP contribution in [0.1, 0.15) is 47.1 Å². The topological polar surface area (TPSA) is 53.1 Å². The highest BCUT2D eigenvalue weighted by Gasteiger charge is 2.16. The van der Waals surface area contributed by atoms with E-state index in [1.54, 1.807) is 6.07 Å². The molecule has 94 valence electrons. The number of H-pyrrole nitrogens is 1. The van der Waals surface area contributed by atoms with Gasteiger partial charge in [0.1, 0.15) is 0 Å². The number of carboxylic acids is 1. The Morgan fingerprint density at radius 3 is 2.44 bits per heavy atom. The van der Waals surface area contributed by atoms with Crippen LogP contribution >= 0.6 is 0 Å². The second kappa shape index (κ2) is 5.08. The molecule has 0 saturated heterocycles. The quantitative estimate of drug-likeness (QED) is 0.864. The summed E-state index contributed by atoms with van der Waals surface area (Å²) in [5.41, 5.74) is 3.30. The van der Waals surface area contributed by atoms with E-state index in [0.717, 1.165) is 17.8 Å². The molecule has 0 aliphatic heterocycles. The van der Waals surface area contributed by atoms with Gasteiger partial charge in [0.05, 0.1) is 5.56 Å². The van der Waals surface area contributed by atoms with Gasteiger partial charge in [-0.05, 0) is 17.5 Å². The predicted octanol–water partition coefficient (Wildman–Crippen LogP) is 3.43. The minimum absolute atomic E-state index is 0.181. The van der Waals surface area contributed by atoms with Crippen molar-refractivity contribution in [3.05, 3.63) is 58.9 Å². The molecule has 0 fully saturated rings. The van der Waals surface area contributed by atoms with Gasteiger partial charge in [-0.3, -0.25) is 0 Å². The number of nitrogens with one attached hydrogen (secondary N) is 1. The molecule has 0 aliphatic rings. The van der Waals surface area contributed by atoms with Crippen LogP contribution in [0.5, 0.6) is 0 Å². The molecule has 3 heteroatoms. The Morgan fingerprint density at radius 1 is 1.28 bits per heavy atom. The highest BCUT2D eigenvalue weighted by Crippen LogP contribution is 2.21. The third kappa shape index (κ3) is 2.62. The van der Waals surface area contributed by atoms with E-state index in [9.17, 15) is 9.90 Å². The van der Waals surface area contributed by atoms with E-state index < -0.39 is 5.97 Å². The zero-order chi connectivity index (χ0) is 13.1. The van der Waals surface area contributed by atoms with Crippen LogP contribution in [0, 0.1) is 0 Å². The number of aromatic carboxylic acids is 1. The molecule has 0 unspecified atom stereocenters. The van der Waals surface area contributed by atoms with Gasteiger partial charge in [-0.1, -0.05) is 44.2 Å². The SMILES string of the molecule is CC(C)c1[nH]c(Cc2ccccc2)cc1C(=O)O. The molecule has 0 radical (unpaired) electrons. The smallest absolute Gasteiger partial charge is 0.337 e. The van der Waals surface area contributed by atoms with E-state index in [1.165, 1.54) is 5.56 Å². The molecule has 1 heterocycles. The molecule has 0 bridgehead atoms. The molecular formula is C15H17NO2. The summed E-state index contributed by atoms with van der Waals surface area (Å²) in [4.78, 5) is 14.4. The Balaban J connectivity index is 2.30. The summed E-state index contributed by atoms with van der Waals surface area (Å²) >= 11 is 0. The van der Waals surface area contributed by atoms with Crippen molar-refractivity contribution >= 4 is 5.97 Å². The number of benzene rings is 1. The van der Waals surface area contributed by atoms with Gasteiger partial charge in [0.25, 0.3) is 0 Å². The Kier molecular flexibility index (Phi) is 3.51. The minimum Gasteiger partial charge on any atom is -0.478 e.